The van der Waals surface area contributed by atoms with Gasteiger partial charge in [-0.2, -0.15) is 0 Å². The van der Waals surface area contributed by atoms with E-state index in [4.69, 9.17) is 9.47 Å². The van der Waals surface area contributed by atoms with Gasteiger partial charge in [0.05, 0.1) is 0 Å². The maximum Gasteiger partial charge on any atom is 0.231 e. The summed E-state index contributed by atoms with van der Waals surface area (Å²) in [5, 5.41) is 10.1. The Morgan fingerprint density at radius 3 is 2.57 bits per heavy atom. The maximum atomic E-state index is 10.1. The first-order valence-electron chi connectivity index (χ1n) is 11.1. The fraction of sp³-hybridized carbons (Fsp3) is 0.500. The third-order valence-electron chi connectivity index (χ3n) is 6.63. The van der Waals surface area contributed by atoms with Crippen molar-refractivity contribution in [1.82, 2.24) is 14.7 Å². The van der Waals surface area contributed by atoms with Crippen molar-refractivity contribution >= 4 is 0 Å². The molecule has 0 bridgehead atoms. The third kappa shape index (κ3) is 4.41. The zero-order valence-corrected chi connectivity index (χ0v) is 17.5. The number of piperazine rings is 1. The number of phenols is 1. The molecule has 2 aromatic rings. The van der Waals surface area contributed by atoms with Gasteiger partial charge in [0.2, 0.25) is 6.79 Å². The molecule has 3 aliphatic heterocycles. The molecule has 160 valence electrons. The Labute approximate surface area is 178 Å². The van der Waals surface area contributed by atoms with Crippen LogP contribution in [-0.4, -0.2) is 71.9 Å². The van der Waals surface area contributed by atoms with Gasteiger partial charge >= 0.3 is 0 Å². The molecule has 0 aromatic heterocycles. The topological polar surface area (TPSA) is 48.4 Å². The Balaban J connectivity index is 1.12. The molecular weight excluding hydrogens is 378 g/mol. The number of piperidine rings is 1. The zero-order chi connectivity index (χ0) is 20.3. The van der Waals surface area contributed by atoms with E-state index >= 15 is 0 Å². The smallest absolute Gasteiger partial charge is 0.231 e. The highest BCUT2D eigenvalue weighted by Gasteiger charge is 2.28. The monoisotopic (exact) mass is 409 g/mol. The van der Waals surface area contributed by atoms with E-state index in [-0.39, 0.29) is 0 Å². The fourth-order valence-electron chi connectivity index (χ4n) is 4.94. The fourth-order valence-corrected chi connectivity index (χ4v) is 4.94. The normalized spacial score (nSPS) is 23.0. The van der Waals surface area contributed by atoms with E-state index in [1.807, 2.05) is 24.3 Å². The van der Waals surface area contributed by atoms with Crippen LogP contribution in [0.4, 0.5) is 0 Å². The van der Waals surface area contributed by atoms with Crippen LogP contribution in [0.15, 0.2) is 42.5 Å². The van der Waals surface area contributed by atoms with Gasteiger partial charge in [0, 0.05) is 57.4 Å². The second-order valence-corrected chi connectivity index (χ2v) is 8.66. The number of para-hydroxylation sites is 1. The second-order valence-electron chi connectivity index (χ2n) is 8.66. The number of ether oxygens (including phenoxy) is 2. The van der Waals surface area contributed by atoms with Crippen LogP contribution in [0.5, 0.6) is 17.2 Å². The van der Waals surface area contributed by atoms with Crippen LogP contribution in [0, 0.1) is 0 Å². The summed E-state index contributed by atoms with van der Waals surface area (Å²) < 4.78 is 10.9. The number of likely N-dealkylation sites (tertiary alicyclic amines) is 1. The number of rotatable bonds is 5. The Hall–Kier alpha value is -2.28. The van der Waals surface area contributed by atoms with Crippen molar-refractivity contribution in [1.29, 1.82) is 0 Å². The predicted molar refractivity (Wildman–Crippen MR) is 116 cm³/mol. The molecule has 3 heterocycles. The highest BCUT2D eigenvalue weighted by molar-refractivity contribution is 5.44. The van der Waals surface area contributed by atoms with Crippen molar-refractivity contribution in [2.75, 3.05) is 46.1 Å². The summed E-state index contributed by atoms with van der Waals surface area (Å²) in [7, 11) is 0. The summed E-state index contributed by atoms with van der Waals surface area (Å²) in [5.41, 5.74) is 2.32. The van der Waals surface area contributed by atoms with Crippen molar-refractivity contribution in [3.63, 3.8) is 0 Å². The van der Waals surface area contributed by atoms with Gasteiger partial charge in [-0.3, -0.25) is 14.7 Å². The van der Waals surface area contributed by atoms with Gasteiger partial charge in [0.15, 0.2) is 11.5 Å². The average Bonchev–Trinajstić information content (AvgIpc) is 3.24. The molecule has 6 nitrogen and oxygen atoms in total. The van der Waals surface area contributed by atoms with E-state index in [0.717, 1.165) is 69.4 Å². The van der Waals surface area contributed by atoms with Crippen LogP contribution in [-0.2, 0) is 13.1 Å². The lowest BCUT2D eigenvalue weighted by Crippen LogP contribution is -2.54. The van der Waals surface area contributed by atoms with Crippen LogP contribution >= 0.6 is 0 Å². The van der Waals surface area contributed by atoms with E-state index < -0.39 is 0 Å². The summed E-state index contributed by atoms with van der Waals surface area (Å²) in [6, 6.07) is 14.6. The number of hydrogen-bond acceptors (Lipinski definition) is 6. The van der Waals surface area contributed by atoms with E-state index in [9.17, 15) is 5.11 Å². The van der Waals surface area contributed by atoms with Crippen molar-refractivity contribution in [3.8, 4) is 17.2 Å². The predicted octanol–water partition coefficient (Wildman–Crippen LogP) is 2.90. The first-order chi connectivity index (χ1) is 14.7. The van der Waals surface area contributed by atoms with Crippen molar-refractivity contribution in [2.24, 2.45) is 0 Å². The Bertz CT molecular complexity index is 867. The summed E-state index contributed by atoms with van der Waals surface area (Å²) >= 11 is 0. The molecule has 0 amide bonds. The molecule has 3 aliphatic rings. The van der Waals surface area contributed by atoms with Gasteiger partial charge < -0.3 is 14.6 Å². The summed E-state index contributed by atoms with van der Waals surface area (Å²) in [6.07, 6.45) is 2.51. The van der Waals surface area contributed by atoms with Gasteiger partial charge in [0.25, 0.3) is 0 Å². The lowest BCUT2D eigenvalue weighted by molar-refractivity contribution is 0.0475. The van der Waals surface area contributed by atoms with Crippen molar-refractivity contribution in [2.45, 2.75) is 32.0 Å². The minimum atomic E-state index is 0.333. The molecule has 6 heteroatoms. The number of phenolic OH excluding ortho intramolecular Hbond substituents is 1. The van der Waals surface area contributed by atoms with E-state index in [2.05, 4.69) is 26.8 Å². The Morgan fingerprint density at radius 1 is 0.867 bits per heavy atom. The summed E-state index contributed by atoms with van der Waals surface area (Å²) in [5.74, 6) is 2.14. The van der Waals surface area contributed by atoms with Gasteiger partial charge in [-0.05, 0) is 43.1 Å². The Kier molecular flexibility index (Phi) is 5.79. The van der Waals surface area contributed by atoms with Gasteiger partial charge in [-0.25, -0.2) is 0 Å². The molecule has 0 saturated carbocycles. The molecule has 30 heavy (non-hydrogen) atoms. The van der Waals surface area contributed by atoms with Crippen molar-refractivity contribution in [3.05, 3.63) is 53.6 Å². The molecule has 0 radical (unpaired) electrons. The highest BCUT2D eigenvalue weighted by atomic mass is 16.7. The zero-order valence-electron chi connectivity index (χ0n) is 17.5. The molecule has 0 spiro atoms. The molecular formula is C24H31N3O3. The van der Waals surface area contributed by atoms with E-state index in [1.165, 1.54) is 18.4 Å². The van der Waals surface area contributed by atoms with E-state index in [1.54, 1.807) is 6.07 Å². The number of hydrogen-bond donors (Lipinski definition) is 1. The average molecular weight is 410 g/mol. The standard InChI is InChI=1S/C24H31N3O3/c28-22-6-2-1-4-20(22)16-26-9-3-5-21(17-26)27-12-10-25(11-13-27)15-19-7-8-23-24(14-19)30-18-29-23/h1-2,4,6-8,14,21,28H,3,5,9-13,15-18H2. The molecule has 2 aromatic carbocycles. The van der Waals surface area contributed by atoms with Crippen molar-refractivity contribution < 1.29 is 14.6 Å². The second kappa shape index (κ2) is 8.84. The molecule has 0 aliphatic carbocycles. The highest BCUT2D eigenvalue weighted by Crippen LogP contribution is 2.33. The van der Waals surface area contributed by atoms with Gasteiger partial charge in [-0.1, -0.05) is 24.3 Å². The SMILES string of the molecule is Oc1ccccc1CN1CCCC(N2CCN(Cc3ccc4c(c3)OCO4)CC2)C1. The first kappa shape index (κ1) is 19.7. The molecule has 1 unspecified atom stereocenters. The minimum Gasteiger partial charge on any atom is -0.508 e. The number of benzene rings is 2. The summed E-state index contributed by atoms with van der Waals surface area (Å²) in [4.78, 5) is 7.71. The van der Waals surface area contributed by atoms with Gasteiger partial charge in [0.1, 0.15) is 5.75 Å². The molecule has 5 rings (SSSR count). The molecule has 1 N–H and O–H groups in total. The molecule has 2 saturated heterocycles. The number of aromatic hydroxyl groups is 1. The molecule has 1 atom stereocenters. The van der Waals surface area contributed by atoms with Crippen LogP contribution in [0.3, 0.4) is 0 Å². The lowest BCUT2D eigenvalue weighted by atomic mass is 10.0. The first-order valence-corrected chi connectivity index (χ1v) is 11.1. The van der Waals surface area contributed by atoms with Crippen LogP contribution in [0.1, 0.15) is 24.0 Å². The molecule has 2 fully saturated rings. The third-order valence-corrected chi connectivity index (χ3v) is 6.63. The quantitative estimate of drug-likeness (QED) is 0.820. The van der Waals surface area contributed by atoms with Crippen LogP contribution < -0.4 is 9.47 Å². The van der Waals surface area contributed by atoms with Crippen LogP contribution in [0.25, 0.3) is 0 Å². The minimum absolute atomic E-state index is 0.333. The Morgan fingerprint density at radius 2 is 1.70 bits per heavy atom. The number of nitrogens with zero attached hydrogens (tertiary/aromatic N) is 3. The largest absolute Gasteiger partial charge is 0.508 e. The van der Waals surface area contributed by atoms with Gasteiger partial charge in [-0.15, -0.1) is 0 Å². The maximum absolute atomic E-state index is 10.1. The summed E-state index contributed by atoms with van der Waals surface area (Å²) in [6.45, 7) is 8.81. The lowest BCUT2D eigenvalue weighted by Gasteiger charge is -2.43. The number of fused-ring (bicyclic) bond motifs is 1. The van der Waals surface area contributed by atoms with E-state index in [0.29, 0.717) is 18.6 Å². The van der Waals surface area contributed by atoms with Crippen LogP contribution in [0.2, 0.25) is 0 Å².